The van der Waals surface area contributed by atoms with Crippen molar-refractivity contribution >= 4 is 17.1 Å². The first-order valence-electron chi connectivity index (χ1n) is 5.53. The topological polar surface area (TPSA) is 17.1 Å². The molecule has 0 saturated heterocycles. The van der Waals surface area contributed by atoms with Gasteiger partial charge in [-0.3, -0.25) is 4.79 Å². The molecule has 0 spiro atoms. The predicted molar refractivity (Wildman–Crippen MR) is 64.4 cm³/mol. The van der Waals surface area contributed by atoms with Crippen molar-refractivity contribution in [2.24, 2.45) is 0 Å². The number of hydrogen-bond donors (Lipinski definition) is 0. The number of fused-ring (bicyclic) bond motifs is 1. The Balaban J connectivity index is 2.11. The summed E-state index contributed by atoms with van der Waals surface area (Å²) in [5.41, 5.74) is 1.31. The first kappa shape index (κ1) is 10.6. The lowest BCUT2D eigenvalue weighted by Crippen LogP contribution is -2.16. The van der Waals surface area contributed by atoms with Crippen molar-refractivity contribution in [3.63, 3.8) is 0 Å². The van der Waals surface area contributed by atoms with E-state index in [0.29, 0.717) is 12.2 Å². The summed E-state index contributed by atoms with van der Waals surface area (Å²) in [5, 5.41) is 2.11. The van der Waals surface area contributed by atoms with Crippen molar-refractivity contribution in [1.29, 1.82) is 0 Å². The fourth-order valence-electron chi connectivity index (χ4n) is 2.24. The Labute approximate surface area is 94.8 Å². The Bertz CT molecular complexity index is 364. The minimum absolute atomic E-state index is 0.181. The average Bonchev–Trinajstić information content (AvgIpc) is 2.73. The van der Waals surface area contributed by atoms with Crippen LogP contribution in [0.15, 0.2) is 24.1 Å². The third-order valence-corrected chi connectivity index (χ3v) is 4.03. The van der Waals surface area contributed by atoms with E-state index < -0.39 is 0 Å². The van der Waals surface area contributed by atoms with E-state index in [0.717, 1.165) is 25.7 Å². The smallest absolute Gasteiger partial charge is 0.140 e. The van der Waals surface area contributed by atoms with Crippen LogP contribution >= 0.6 is 11.3 Å². The lowest BCUT2D eigenvalue weighted by Gasteiger charge is -2.21. The van der Waals surface area contributed by atoms with E-state index >= 15 is 0 Å². The van der Waals surface area contributed by atoms with E-state index in [9.17, 15) is 4.79 Å². The third-order valence-electron chi connectivity index (χ3n) is 3.04. The zero-order valence-electron chi connectivity index (χ0n) is 8.87. The second-order valence-corrected chi connectivity index (χ2v) is 5.04. The SMILES string of the molecule is C=CCCC(=O)C1CCCc2sccc21. The molecule has 0 aromatic carbocycles. The number of carbonyl (C=O) groups excluding carboxylic acids is 1. The number of Topliss-reactive ketones (excluding diaryl/α,β-unsaturated/α-hetero) is 1. The van der Waals surface area contributed by atoms with Crippen molar-refractivity contribution in [3.8, 4) is 0 Å². The van der Waals surface area contributed by atoms with Gasteiger partial charge in [0.1, 0.15) is 5.78 Å². The summed E-state index contributed by atoms with van der Waals surface area (Å²) in [6.45, 7) is 3.66. The van der Waals surface area contributed by atoms with Crippen molar-refractivity contribution in [1.82, 2.24) is 0 Å². The Morgan fingerprint density at radius 1 is 1.67 bits per heavy atom. The van der Waals surface area contributed by atoms with Crippen LogP contribution in [0.25, 0.3) is 0 Å². The van der Waals surface area contributed by atoms with Crippen LogP contribution in [-0.4, -0.2) is 5.78 Å². The Morgan fingerprint density at radius 2 is 2.53 bits per heavy atom. The van der Waals surface area contributed by atoms with E-state index in [1.165, 1.54) is 10.4 Å². The van der Waals surface area contributed by atoms with Gasteiger partial charge in [0.15, 0.2) is 0 Å². The number of thiophene rings is 1. The highest BCUT2D eigenvalue weighted by atomic mass is 32.1. The first-order chi connectivity index (χ1) is 7.33. The van der Waals surface area contributed by atoms with Crippen LogP contribution in [0.4, 0.5) is 0 Å². The lowest BCUT2D eigenvalue weighted by molar-refractivity contribution is -0.120. The maximum absolute atomic E-state index is 12.0. The molecule has 1 aliphatic carbocycles. The summed E-state index contributed by atoms with van der Waals surface area (Å²) in [6.07, 6.45) is 6.67. The molecule has 0 radical (unpaired) electrons. The quantitative estimate of drug-likeness (QED) is 0.707. The van der Waals surface area contributed by atoms with E-state index in [4.69, 9.17) is 0 Å². The molecular weight excluding hydrogens is 204 g/mol. The molecule has 1 aromatic rings. The van der Waals surface area contributed by atoms with Crippen molar-refractivity contribution < 1.29 is 4.79 Å². The number of allylic oxidation sites excluding steroid dienone is 1. The Morgan fingerprint density at radius 3 is 3.33 bits per heavy atom. The van der Waals surface area contributed by atoms with Gasteiger partial charge in [0.25, 0.3) is 0 Å². The zero-order chi connectivity index (χ0) is 10.7. The second-order valence-electron chi connectivity index (χ2n) is 4.04. The standard InChI is InChI=1S/C13H16OS/c1-2-3-6-12(14)10-5-4-7-13-11(10)8-9-15-13/h2,8-10H,1,3-7H2. The van der Waals surface area contributed by atoms with Gasteiger partial charge >= 0.3 is 0 Å². The molecule has 0 saturated carbocycles. The molecule has 0 amide bonds. The van der Waals surface area contributed by atoms with Gasteiger partial charge in [-0.15, -0.1) is 17.9 Å². The molecule has 1 aliphatic rings. The van der Waals surface area contributed by atoms with Crippen LogP contribution in [0, 0.1) is 0 Å². The Hall–Kier alpha value is -0.890. The van der Waals surface area contributed by atoms with Gasteiger partial charge in [-0.25, -0.2) is 0 Å². The number of ketones is 1. The average molecular weight is 220 g/mol. The minimum atomic E-state index is 0.181. The van der Waals surface area contributed by atoms with Gasteiger partial charge in [0, 0.05) is 17.2 Å². The summed E-state index contributed by atoms with van der Waals surface area (Å²) in [5.74, 6) is 0.578. The van der Waals surface area contributed by atoms with Gasteiger partial charge in [-0.1, -0.05) is 6.08 Å². The molecule has 15 heavy (non-hydrogen) atoms. The molecular formula is C13H16OS. The molecule has 1 unspecified atom stereocenters. The number of carbonyl (C=O) groups is 1. The summed E-state index contributed by atoms with van der Waals surface area (Å²) in [4.78, 5) is 13.4. The zero-order valence-corrected chi connectivity index (χ0v) is 9.69. The number of hydrogen-bond acceptors (Lipinski definition) is 2. The van der Waals surface area contributed by atoms with Crippen LogP contribution in [0.5, 0.6) is 0 Å². The molecule has 2 rings (SSSR count). The number of rotatable bonds is 4. The van der Waals surface area contributed by atoms with Crippen LogP contribution in [0.2, 0.25) is 0 Å². The largest absolute Gasteiger partial charge is 0.299 e. The predicted octanol–water partition coefficient (Wildman–Crippen LogP) is 3.70. The molecule has 0 fully saturated rings. The van der Waals surface area contributed by atoms with Gasteiger partial charge in [-0.05, 0) is 42.7 Å². The molecule has 1 atom stereocenters. The Kier molecular flexibility index (Phi) is 3.37. The molecule has 0 bridgehead atoms. The first-order valence-corrected chi connectivity index (χ1v) is 6.40. The van der Waals surface area contributed by atoms with E-state index in [-0.39, 0.29) is 5.92 Å². The fraction of sp³-hybridized carbons (Fsp3) is 0.462. The summed E-state index contributed by atoms with van der Waals surface area (Å²) >= 11 is 1.80. The second kappa shape index (κ2) is 4.75. The summed E-state index contributed by atoms with van der Waals surface area (Å²) < 4.78 is 0. The highest BCUT2D eigenvalue weighted by Crippen LogP contribution is 2.36. The molecule has 2 heteroatoms. The van der Waals surface area contributed by atoms with Gasteiger partial charge in [-0.2, -0.15) is 0 Å². The van der Waals surface area contributed by atoms with Gasteiger partial charge in [0.2, 0.25) is 0 Å². The summed E-state index contributed by atoms with van der Waals surface area (Å²) in [6, 6.07) is 2.13. The van der Waals surface area contributed by atoms with Gasteiger partial charge < -0.3 is 0 Å². The maximum Gasteiger partial charge on any atom is 0.140 e. The highest BCUT2D eigenvalue weighted by molar-refractivity contribution is 7.10. The van der Waals surface area contributed by atoms with Crippen molar-refractivity contribution in [2.75, 3.05) is 0 Å². The van der Waals surface area contributed by atoms with Crippen LogP contribution in [0.1, 0.15) is 42.0 Å². The van der Waals surface area contributed by atoms with E-state index in [1.54, 1.807) is 11.3 Å². The van der Waals surface area contributed by atoms with Crippen molar-refractivity contribution in [3.05, 3.63) is 34.5 Å². The highest BCUT2D eigenvalue weighted by Gasteiger charge is 2.26. The van der Waals surface area contributed by atoms with E-state index in [1.807, 2.05) is 6.08 Å². The normalized spacial score (nSPS) is 19.6. The van der Waals surface area contributed by atoms with Crippen LogP contribution in [0.3, 0.4) is 0 Å². The van der Waals surface area contributed by atoms with Crippen LogP contribution in [-0.2, 0) is 11.2 Å². The minimum Gasteiger partial charge on any atom is -0.299 e. The van der Waals surface area contributed by atoms with Crippen molar-refractivity contribution in [2.45, 2.75) is 38.0 Å². The molecule has 80 valence electrons. The monoisotopic (exact) mass is 220 g/mol. The molecule has 1 aromatic heterocycles. The lowest BCUT2D eigenvalue weighted by atomic mass is 9.83. The third kappa shape index (κ3) is 2.20. The summed E-state index contributed by atoms with van der Waals surface area (Å²) in [7, 11) is 0. The fourth-order valence-corrected chi connectivity index (χ4v) is 3.23. The molecule has 1 heterocycles. The van der Waals surface area contributed by atoms with Gasteiger partial charge in [0.05, 0.1) is 0 Å². The van der Waals surface area contributed by atoms with E-state index in [2.05, 4.69) is 18.0 Å². The molecule has 1 nitrogen and oxygen atoms in total. The van der Waals surface area contributed by atoms with Crippen LogP contribution < -0.4 is 0 Å². The molecule has 0 aliphatic heterocycles. The maximum atomic E-state index is 12.0. The number of aryl methyl sites for hydroxylation is 1. The molecule has 0 N–H and O–H groups in total.